The SMILES string of the molecule is Cc1nc2ccc(-c3cc(C)c4c(c3)CN(C(=O)N3CC[C@H](CF)C[C@@H]3c3ccc(F)c(F)c3)CCO4)cc2[nH]1. The molecular formula is C31H31F3N4O2. The van der Waals surface area contributed by atoms with Crippen molar-refractivity contribution in [3.63, 3.8) is 0 Å². The minimum atomic E-state index is -0.976. The Hall–Kier alpha value is -4.01. The number of nitrogens with one attached hydrogen (secondary N) is 1. The van der Waals surface area contributed by atoms with Crippen LogP contribution in [0.2, 0.25) is 0 Å². The predicted octanol–water partition coefficient (Wildman–Crippen LogP) is 6.86. The highest BCUT2D eigenvalue weighted by molar-refractivity contribution is 5.83. The third-order valence-electron chi connectivity index (χ3n) is 8.03. The van der Waals surface area contributed by atoms with Crippen LogP contribution in [0.1, 0.15) is 41.4 Å². The number of aromatic amines is 1. The van der Waals surface area contributed by atoms with E-state index in [4.69, 9.17) is 4.74 Å². The number of halogens is 3. The van der Waals surface area contributed by atoms with Crippen molar-refractivity contribution in [2.24, 2.45) is 5.92 Å². The van der Waals surface area contributed by atoms with Gasteiger partial charge >= 0.3 is 6.03 Å². The van der Waals surface area contributed by atoms with E-state index in [-0.39, 0.29) is 11.9 Å². The number of carbonyl (C=O) groups excluding carboxylic acids is 1. The van der Waals surface area contributed by atoms with Crippen LogP contribution in [0.5, 0.6) is 5.75 Å². The number of rotatable bonds is 3. The van der Waals surface area contributed by atoms with Gasteiger partial charge in [0.1, 0.15) is 18.2 Å². The number of alkyl halides is 1. The smallest absolute Gasteiger partial charge is 0.320 e. The fourth-order valence-corrected chi connectivity index (χ4v) is 5.98. The zero-order chi connectivity index (χ0) is 28.0. The number of ether oxygens (including phenoxy) is 1. The number of aromatic nitrogens is 2. The van der Waals surface area contributed by atoms with E-state index in [1.54, 1.807) is 9.80 Å². The van der Waals surface area contributed by atoms with E-state index in [2.05, 4.69) is 28.2 Å². The molecule has 0 aliphatic carbocycles. The summed E-state index contributed by atoms with van der Waals surface area (Å²) in [7, 11) is 0. The Bertz CT molecular complexity index is 1590. The molecule has 9 heteroatoms. The average Bonchev–Trinajstić information content (AvgIpc) is 3.18. The molecule has 0 bridgehead atoms. The number of amides is 2. The summed E-state index contributed by atoms with van der Waals surface area (Å²) in [5, 5.41) is 0. The van der Waals surface area contributed by atoms with Gasteiger partial charge in [-0.25, -0.2) is 18.6 Å². The van der Waals surface area contributed by atoms with Crippen molar-refractivity contribution in [2.75, 3.05) is 26.4 Å². The lowest BCUT2D eigenvalue weighted by Crippen LogP contribution is -2.48. The number of carbonyl (C=O) groups is 1. The fourth-order valence-electron chi connectivity index (χ4n) is 5.98. The number of H-pyrrole nitrogens is 1. The van der Waals surface area contributed by atoms with Crippen molar-refractivity contribution in [1.29, 1.82) is 0 Å². The molecule has 3 aromatic carbocycles. The van der Waals surface area contributed by atoms with Crippen LogP contribution in [0.3, 0.4) is 0 Å². The maximum Gasteiger partial charge on any atom is 0.320 e. The molecule has 208 valence electrons. The van der Waals surface area contributed by atoms with Gasteiger partial charge in [-0.3, -0.25) is 4.39 Å². The molecule has 4 aromatic rings. The number of nitrogens with zero attached hydrogens (tertiary/aromatic N) is 3. The maximum absolute atomic E-state index is 14.1. The second-order valence-corrected chi connectivity index (χ2v) is 10.8. The molecule has 0 spiro atoms. The number of imidazole rings is 1. The van der Waals surface area contributed by atoms with Gasteiger partial charge < -0.3 is 19.5 Å². The summed E-state index contributed by atoms with van der Waals surface area (Å²) in [6.07, 6.45) is 0.870. The van der Waals surface area contributed by atoms with Gasteiger partial charge in [-0.1, -0.05) is 12.1 Å². The number of aryl methyl sites for hydroxylation is 2. The van der Waals surface area contributed by atoms with Crippen molar-refractivity contribution in [1.82, 2.24) is 19.8 Å². The van der Waals surface area contributed by atoms with Crippen LogP contribution >= 0.6 is 0 Å². The lowest BCUT2D eigenvalue weighted by Gasteiger charge is -2.41. The van der Waals surface area contributed by atoms with Crippen LogP contribution in [0.15, 0.2) is 48.5 Å². The van der Waals surface area contributed by atoms with Crippen molar-refractivity contribution in [3.8, 4) is 16.9 Å². The van der Waals surface area contributed by atoms with Crippen LogP contribution in [-0.2, 0) is 6.54 Å². The number of fused-ring (bicyclic) bond motifs is 2. The van der Waals surface area contributed by atoms with Crippen LogP contribution in [0.4, 0.5) is 18.0 Å². The first-order valence-electron chi connectivity index (χ1n) is 13.6. The predicted molar refractivity (Wildman–Crippen MR) is 147 cm³/mol. The van der Waals surface area contributed by atoms with Gasteiger partial charge in [-0.05, 0) is 91.3 Å². The van der Waals surface area contributed by atoms with Crippen molar-refractivity contribution >= 4 is 17.1 Å². The van der Waals surface area contributed by atoms with E-state index in [0.717, 1.165) is 57.0 Å². The van der Waals surface area contributed by atoms with E-state index >= 15 is 0 Å². The molecule has 2 atom stereocenters. The summed E-state index contributed by atoms with van der Waals surface area (Å²) in [4.78, 5) is 25.1. The average molecular weight is 549 g/mol. The Labute approximate surface area is 230 Å². The molecule has 0 unspecified atom stereocenters. The first-order chi connectivity index (χ1) is 19.3. The van der Waals surface area contributed by atoms with E-state index in [0.29, 0.717) is 44.6 Å². The number of urea groups is 1. The molecule has 6 nitrogen and oxygen atoms in total. The summed E-state index contributed by atoms with van der Waals surface area (Å²) < 4.78 is 47.6. The summed E-state index contributed by atoms with van der Waals surface area (Å²) in [6.45, 7) is 4.78. The highest BCUT2D eigenvalue weighted by Crippen LogP contribution is 2.38. The second-order valence-electron chi connectivity index (χ2n) is 10.8. The molecule has 1 aromatic heterocycles. The van der Waals surface area contributed by atoms with Crippen molar-refractivity contribution in [2.45, 2.75) is 39.3 Å². The normalized spacial score (nSPS) is 19.3. The minimum absolute atomic E-state index is 0.221. The number of hydrogen-bond acceptors (Lipinski definition) is 3. The lowest BCUT2D eigenvalue weighted by molar-refractivity contribution is 0.0875. The van der Waals surface area contributed by atoms with Crippen LogP contribution in [0, 0.1) is 31.4 Å². The van der Waals surface area contributed by atoms with Gasteiger partial charge in [0.05, 0.1) is 36.8 Å². The number of likely N-dealkylation sites (tertiary alicyclic amines) is 1. The molecule has 0 saturated carbocycles. The van der Waals surface area contributed by atoms with Gasteiger partial charge in [-0.2, -0.15) is 0 Å². The summed E-state index contributed by atoms with van der Waals surface area (Å²) in [5.41, 5.74) is 6.23. The summed E-state index contributed by atoms with van der Waals surface area (Å²) in [5.74, 6) is -0.544. The Kier molecular flexibility index (Phi) is 6.90. The largest absolute Gasteiger partial charge is 0.491 e. The Morgan fingerprint density at radius 2 is 1.90 bits per heavy atom. The Morgan fingerprint density at radius 1 is 1.05 bits per heavy atom. The van der Waals surface area contributed by atoms with Crippen LogP contribution in [-0.4, -0.2) is 52.2 Å². The van der Waals surface area contributed by atoms with Crippen molar-refractivity contribution < 1.29 is 22.7 Å². The molecule has 1 N–H and O–H groups in total. The molecule has 2 amide bonds. The molecule has 1 saturated heterocycles. The van der Waals surface area contributed by atoms with E-state index in [1.165, 1.54) is 6.07 Å². The molecule has 1 fully saturated rings. The van der Waals surface area contributed by atoms with Crippen LogP contribution in [0.25, 0.3) is 22.2 Å². The van der Waals surface area contributed by atoms with Gasteiger partial charge in [0.15, 0.2) is 11.6 Å². The van der Waals surface area contributed by atoms with E-state index in [1.807, 2.05) is 26.0 Å². The molecule has 40 heavy (non-hydrogen) atoms. The van der Waals surface area contributed by atoms with Gasteiger partial charge in [0, 0.05) is 12.1 Å². The highest BCUT2D eigenvalue weighted by atomic mass is 19.2. The number of piperidine rings is 1. The zero-order valence-electron chi connectivity index (χ0n) is 22.5. The van der Waals surface area contributed by atoms with Crippen molar-refractivity contribution in [3.05, 3.63) is 82.7 Å². The molecule has 2 aliphatic rings. The highest BCUT2D eigenvalue weighted by Gasteiger charge is 2.36. The van der Waals surface area contributed by atoms with Crippen LogP contribution < -0.4 is 4.74 Å². The first kappa shape index (κ1) is 26.2. The third-order valence-corrected chi connectivity index (χ3v) is 8.03. The summed E-state index contributed by atoms with van der Waals surface area (Å²) in [6, 6.07) is 13.1. The molecule has 0 radical (unpaired) electrons. The van der Waals surface area contributed by atoms with Gasteiger partial charge in [0.2, 0.25) is 0 Å². The first-order valence-corrected chi connectivity index (χ1v) is 13.6. The Morgan fingerprint density at radius 3 is 2.70 bits per heavy atom. The van der Waals surface area contributed by atoms with Gasteiger partial charge in [0.25, 0.3) is 0 Å². The quantitative estimate of drug-likeness (QED) is 0.304. The third kappa shape index (κ3) is 4.89. The fraction of sp³-hybridized carbons (Fsp3) is 0.355. The molecule has 6 rings (SSSR count). The lowest BCUT2D eigenvalue weighted by atomic mass is 9.88. The van der Waals surface area contributed by atoms with E-state index < -0.39 is 24.4 Å². The standard InChI is InChI=1S/C31H31F3N4O2/c1-18-11-23(21-4-6-27-28(15-21)36-19(2)35-27)13-24-17-37(9-10-40-30(18)24)31(39)38-8-7-20(16-32)12-29(38)22-3-5-25(33)26(34)14-22/h3-6,11,13-15,20,29H,7-10,12,16-17H2,1-2H3,(H,35,36)/t20-,29+/m0/s1. The second kappa shape index (κ2) is 10.5. The molecular weight excluding hydrogens is 517 g/mol. The number of benzene rings is 3. The monoisotopic (exact) mass is 548 g/mol. The minimum Gasteiger partial charge on any atom is -0.491 e. The summed E-state index contributed by atoms with van der Waals surface area (Å²) >= 11 is 0. The Balaban J connectivity index is 1.30. The molecule has 3 heterocycles. The molecule has 2 aliphatic heterocycles. The maximum atomic E-state index is 14.1. The zero-order valence-corrected chi connectivity index (χ0v) is 22.5. The van der Waals surface area contributed by atoms with Gasteiger partial charge in [-0.15, -0.1) is 0 Å². The van der Waals surface area contributed by atoms with E-state index in [9.17, 15) is 18.0 Å². The number of hydrogen-bond donors (Lipinski definition) is 1. The topological polar surface area (TPSA) is 61.5 Å².